The summed E-state index contributed by atoms with van der Waals surface area (Å²) in [5, 5.41) is 3.25. The third-order valence-electron chi connectivity index (χ3n) is 5.90. The van der Waals surface area contributed by atoms with Crippen LogP contribution in [0.1, 0.15) is 45.6 Å². The van der Waals surface area contributed by atoms with E-state index in [4.69, 9.17) is 4.74 Å². The van der Waals surface area contributed by atoms with Crippen molar-refractivity contribution in [3.05, 3.63) is 46.1 Å². The Morgan fingerprint density at radius 2 is 2.10 bits per heavy atom. The summed E-state index contributed by atoms with van der Waals surface area (Å²) in [5.74, 6) is -0.823. The number of nitrogens with one attached hydrogen (secondary N) is 1. The van der Waals surface area contributed by atoms with Gasteiger partial charge >= 0.3 is 5.97 Å². The Bertz CT molecular complexity index is 951. The van der Waals surface area contributed by atoms with E-state index in [1.165, 1.54) is 17.1 Å². The fourth-order valence-electron chi connectivity index (χ4n) is 3.95. The average molecular weight is 418 g/mol. The molecular weight excluding hydrogens is 393 g/mol. The maximum atomic E-state index is 15.1. The minimum Gasteiger partial charge on any atom is -0.457 e. The molecule has 1 amide bonds. The molecule has 1 saturated heterocycles. The molecule has 1 aromatic carbocycles. The SMILES string of the molecule is Cc1cc(NC(=O)C2(F)CCN(CCc3ccc4c(c3C)COC4=O)CC2)sn1. The second-order valence-corrected chi connectivity index (χ2v) is 8.60. The summed E-state index contributed by atoms with van der Waals surface area (Å²) in [6.45, 7) is 6.07. The van der Waals surface area contributed by atoms with Crippen LogP contribution in [0.4, 0.5) is 9.39 Å². The van der Waals surface area contributed by atoms with Gasteiger partial charge in [-0.3, -0.25) is 4.79 Å². The molecule has 3 heterocycles. The number of piperidine rings is 1. The minimum absolute atomic E-state index is 0.183. The van der Waals surface area contributed by atoms with E-state index in [-0.39, 0.29) is 18.8 Å². The van der Waals surface area contributed by atoms with Crippen LogP contribution in [0.2, 0.25) is 0 Å². The number of aryl methyl sites for hydroxylation is 1. The lowest BCUT2D eigenvalue weighted by Crippen LogP contribution is -2.49. The number of carbonyl (C=O) groups is 2. The molecule has 0 saturated carbocycles. The van der Waals surface area contributed by atoms with Gasteiger partial charge in [0.1, 0.15) is 11.6 Å². The number of nitrogens with zero attached hydrogens (tertiary/aromatic N) is 2. The molecule has 0 aliphatic carbocycles. The number of carbonyl (C=O) groups excluding carboxylic acids is 2. The number of hydrogen-bond acceptors (Lipinski definition) is 6. The Balaban J connectivity index is 1.31. The van der Waals surface area contributed by atoms with Gasteiger partial charge in [-0.15, -0.1) is 0 Å². The van der Waals surface area contributed by atoms with E-state index in [1.807, 2.05) is 26.0 Å². The molecule has 6 nitrogen and oxygen atoms in total. The van der Waals surface area contributed by atoms with E-state index in [1.54, 1.807) is 6.07 Å². The molecule has 2 aliphatic rings. The normalized spacial score (nSPS) is 18.4. The number of hydrogen-bond donors (Lipinski definition) is 1. The van der Waals surface area contributed by atoms with E-state index < -0.39 is 11.6 Å². The molecule has 4 rings (SSSR count). The maximum Gasteiger partial charge on any atom is 0.338 e. The van der Waals surface area contributed by atoms with Crippen molar-refractivity contribution in [3.63, 3.8) is 0 Å². The highest BCUT2D eigenvalue weighted by Gasteiger charge is 2.41. The Hall–Kier alpha value is -2.32. The molecule has 2 aliphatic heterocycles. The predicted molar refractivity (Wildman–Crippen MR) is 109 cm³/mol. The van der Waals surface area contributed by atoms with E-state index >= 15 is 4.39 Å². The van der Waals surface area contributed by atoms with Gasteiger partial charge in [0.05, 0.1) is 11.3 Å². The van der Waals surface area contributed by atoms with Crippen LogP contribution in [0.25, 0.3) is 0 Å². The number of halogens is 1. The number of alkyl halides is 1. The highest BCUT2D eigenvalue weighted by molar-refractivity contribution is 7.10. The number of benzene rings is 1. The lowest BCUT2D eigenvalue weighted by atomic mass is 9.91. The first kappa shape index (κ1) is 20.0. The van der Waals surface area contributed by atoms with Crippen LogP contribution < -0.4 is 5.32 Å². The van der Waals surface area contributed by atoms with Gasteiger partial charge in [0, 0.05) is 38.0 Å². The van der Waals surface area contributed by atoms with Gasteiger partial charge in [0.15, 0.2) is 5.67 Å². The Morgan fingerprint density at radius 1 is 1.34 bits per heavy atom. The number of ether oxygens (including phenoxy) is 1. The lowest BCUT2D eigenvalue weighted by molar-refractivity contribution is -0.130. The van der Waals surface area contributed by atoms with Crippen molar-refractivity contribution in [2.24, 2.45) is 0 Å². The smallest absolute Gasteiger partial charge is 0.338 e. The van der Waals surface area contributed by atoms with E-state index in [0.717, 1.165) is 29.8 Å². The van der Waals surface area contributed by atoms with Gasteiger partial charge in [-0.25, -0.2) is 9.18 Å². The molecule has 0 unspecified atom stereocenters. The van der Waals surface area contributed by atoms with E-state index in [0.29, 0.717) is 30.3 Å². The Labute approximate surface area is 173 Å². The molecule has 1 fully saturated rings. The van der Waals surface area contributed by atoms with Gasteiger partial charge in [-0.05, 0) is 55.1 Å². The summed E-state index contributed by atoms with van der Waals surface area (Å²) in [7, 11) is 0. The fraction of sp³-hybridized carbons (Fsp3) is 0.476. The number of rotatable bonds is 5. The number of esters is 1. The molecular formula is C21H24FN3O3S. The van der Waals surface area contributed by atoms with Crippen molar-refractivity contribution < 1.29 is 18.7 Å². The second kappa shape index (κ2) is 7.84. The van der Waals surface area contributed by atoms with Gasteiger partial charge in [-0.1, -0.05) is 6.07 Å². The number of likely N-dealkylation sites (tertiary alicyclic amines) is 1. The molecule has 1 N–H and O–H groups in total. The summed E-state index contributed by atoms with van der Waals surface area (Å²) in [5.41, 5.74) is 2.89. The average Bonchev–Trinajstić information content (AvgIpc) is 3.28. The van der Waals surface area contributed by atoms with Crippen LogP contribution in [0.3, 0.4) is 0 Å². The molecule has 0 atom stereocenters. The number of fused-ring (bicyclic) bond motifs is 1. The van der Waals surface area contributed by atoms with Gasteiger partial charge in [0.2, 0.25) is 0 Å². The van der Waals surface area contributed by atoms with E-state index in [9.17, 15) is 9.59 Å². The highest BCUT2D eigenvalue weighted by Crippen LogP contribution is 2.30. The topological polar surface area (TPSA) is 71.5 Å². The van der Waals surface area contributed by atoms with Crippen molar-refractivity contribution in [2.75, 3.05) is 25.0 Å². The van der Waals surface area contributed by atoms with Crippen LogP contribution in [-0.2, 0) is 22.6 Å². The summed E-state index contributed by atoms with van der Waals surface area (Å²) >= 11 is 1.17. The van der Waals surface area contributed by atoms with Crippen LogP contribution in [0.15, 0.2) is 18.2 Å². The first-order chi connectivity index (χ1) is 13.9. The quantitative estimate of drug-likeness (QED) is 0.755. The molecule has 1 aromatic heterocycles. The summed E-state index contributed by atoms with van der Waals surface area (Å²) in [4.78, 5) is 26.3. The Morgan fingerprint density at radius 3 is 2.79 bits per heavy atom. The van der Waals surface area contributed by atoms with Crippen LogP contribution >= 0.6 is 11.5 Å². The molecule has 2 aromatic rings. The minimum atomic E-state index is -1.84. The number of cyclic esters (lactones) is 1. The van der Waals surface area contributed by atoms with Gasteiger partial charge in [0.25, 0.3) is 5.91 Å². The third kappa shape index (κ3) is 4.04. The van der Waals surface area contributed by atoms with Crippen molar-refractivity contribution in [2.45, 2.75) is 45.4 Å². The van der Waals surface area contributed by atoms with Crippen molar-refractivity contribution in [1.29, 1.82) is 0 Å². The van der Waals surface area contributed by atoms with Crippen molar-refractivity contribution in [3.8, 4) is 0 Å². The monoisotopic (exact) mass is 417 g/mol. The molecule has 0 radical (unpaired) electrons. The van der Waals surface area contributed by atoms with Crippen LogP contribution in [-0.4, -0.2) is 46.5 Å². The van der Waals surface area contributed by atoms with E-state index in [2.05, 4.69) is 14.6 Å². The second-order valence-electron chi connectivity index (χ2n) is 7.80. The van der Waals surface area contributed by atoms with Gasteiger partial charge < -0.3 is 15.0 Å². The van der Waals surface area contributed by atoms with Crippen LogP contribution in [0, 0.1) is 13.8 Å². The van der Waals surface area contributed by atoms with Crippen LogP contribution in [0.5, 0.6) is 0 Å². The summed E-state index contributed by atoms with van der Waals surface area (Å²) in [6.07, 6.45) is 1.18. The van der Waals surface area contributed by atoms with Gasteiger partial charge in [-0.2, -0.15) is 4.37 Å². The molecule has 154 valence electrons. The summed E-state index contributed by atoms with van der Waals surface area (Å²) < 4.78 is 24.4. The van der Waals surface area contributed by atoms with Crippen molar-refractivity contribution in [1.82, 2.24) is 9.27 Å². The zero-order valence-corrected chi connectivity index (χ0v) is 17.4. The predicted octanol–water partition coefficient (Wildman–Crippen LogP) is 3.42. The zero-order valence-electron chi connectivity index (χ0n) is 16.6. The first-order valence-electron chi connectivity index (χ1n) is 9.80. The first-order valence-corrected chi connectivity index (χ1v) is 10.6. The molecule has 8 heteroatoms. The summed E-state index contributed by atoms with van der Waals surface area (Å²) in [6, 6.07) is 5.56. The molecule has 0 spiro atoms. The fourth-order valence-corrected chi connectivity index (χ4v) is 4.61. The molecule has 0 bridgehead atoms. The zero-order chi connectivity index (χ0) is 20.6. The maximum absolute atomic E-state index is 15.1. The number of aromatic nitrogens is 1. The van der Waals surface area contributed by atoms with Crippen molar-refractivity contribution >= 4 is 28.4 Å². The Kier molecular flexibility index (Phi) is 5.40. The highest BCUT2D eigenvalue weighted by atomic mass is 32.1. The largest absolute Gasteiger partial charge is 0.457 e. The standard InChI is InChI=1S/C21H24FN3O3S/c1-13-11-18(29-24-13)23-20(27)21(22)6-9-25(10-7-21)8-5-15-3-4-16-17(14(15)2)12-28-19(16)26/h3-4,11H,5-10,12H2,1-2H3,(H,23,27). The lowest BCUT2D eigenvalue weighted by Gasteiger charge is -2.35. The molecule has 29 heavy (non-hydrogen) atoms. The number of anilines is 1. The third-order valence-corrected chi connectivity index (χ3v) is 6.69. The number of amides is 1.